The summed E-state index contributed by atoms with van der Waals surface area (Å²) < 4.78 is 0. The van der Waals surface area contributed by atoms with Crippen LogP contribution in [-0.2, 0) is 6.54 Å². The van der Waals surface area contributed by atoms with Crippen LogP contribution in [0.5, 0.6) is 0 Å². The summed E-state index contributed by atoms with van der Waals surface area (Å²) in [6, 6.07) is 0. The van der Waals surface area contributed by atoms with Gasteiger partial charge in [-0.05, 0) is 31.2 Å². The summed E-state index contributed by atoms with van der Waals surface area (Å²) in [5, 5.41) is 14.8. The highest BCUT2D eigenvalue weighted by Crippen LogP contribution is 2.29. The molecule has 1 heterocycles. The van der Waals surface area contributed by atoms with Crippen molar-refractivity contribution in [2.75, 3.05) is 13.2 Å². The lowest BCUT2D eigenvalue weighted by molar-refractivity contribution is 0.133. The van der Waals surface area contributed by atoms with Gasteiger partial charge in [0.05, 0.1) is 11.2 Å². The van der Waals surface area contributed by atoms with Crippen LogP contribution in [0.3, 0.4) is 0 Å². The standard InChI is InChI=1S/C12H20N2OS/c15-7-11-4-2-1-3-10(11)5-13-6-12-8-16-9-14-12/h8-11,13,15H,1-7H2. The number of nitrogens with one attached hydrogen (secondary N) is 1. The molecular formula is C12H20N2OS. The van der Waals surface area contributed by atoms with E-state index in [1.54, 1.807) is 11.3 Å². The third kappa shape index (κ3) is 3.27. The van der Waals surface area contributed by atoms with Crippen LogP contribution >= 0.6 is 11.3 Å². The second-order valence-corrected chi connectivity index (χ2v) is 5.32. The van der Waals surface area contributed by atoms with Gasteiger partial charge in [0.1, 0.15) is 0 Å². The van der Waals surface area contributed by atoms with Crippen molar-refractivity contribution in [1.82, 2.24) is 10.3 Å². The fourth-order valence-electron chi connectivity index (χ4n) is 2.50. The van der Waals surface area contributed by atoms with Crippen molar-refractivity contribution in [2.24, 2.45) is 11.8 Å². The number of nitrogens with zero attached hydrogens (tertiary/aromatic N) is 1. The molecule has 16 heavy (non-hydrogen) atoms. The van der Waals surface area contributed by atoms with Crippen molar-refractivity contribution in [3.8, 4) is 0 Å². The average molecular weight is 240 g/mol. The number of aromatic nitrogens is 1. The normalized spacial score (nSPS) is 25.8. The van der Waals surface area contributed by atoms with Crippen molar-refractivity contribution in [3.05, 3.63) is 16.6 Å². The largest absolute Gasteiger partial charge is 0.396 e. The maximum atomic E-state index is 9.31. The highest BCUT2D eigenvalue weighted by Gasteiger charge is 2.23. The van der Waals surface area contributed by atoms with Gasteiger partial charge >= 0.3 is 0 Å². The molecule has 1 fully saturated rings. The topological polar surface area (TPSA) is 45.1 Å². The molecule has 2 rings (SSSR count). The molecule has 0 radical (unpaired) electrons. The summed E-state index contributed by atoms with van der Waals surface area (Å²) in [6.45, 7) is 2.23. The van der Waals surface area contributed by atoms with E-state index in [9.17, 15) is 5.11 Å². The van der Waals surface area contributed by atoms with Crippen LogP contribution in [0.1, 0.15) is 31.4 Å². The quantitative estimate of drug-likeness (QED) is 0.828. The van der Waals surface area contributed by atoms with Crippen LogP contribution in [0.25, 0.3) is 0 Å². The van der Waals surface area contributed by atoms with E-state index < -0.39 is 0 Å². The predicted molar refractivity (Wildman–Crippen MR) is 66.4 cm³/mol. The van der Waals surface area contributed by atoms with Gasteiger partial charge in [0.15, 0.2) is 0 Å². The fourth-order valence-corrected chi connectivity index (χ4v) is 3.06. The van der Waals surface area contributed by atoms with Crippen molar-refractivity contribution >= 4 is 11.3 Å². The van der Waals surface area contributed by atoms with Gasteiger partial charge in [0.2, 0.25) is 0 Å². The van der Waals surface area contributed by atoms with E-state index >= 15 is 0 Å². The molecule has 0 spiro atoms. The zero-order chi connectivity index (χ0) is 11.2. The van der Waals surface area contributed by atoms with Crippen LogP contribution < -0.4 is 5.32 Å². The Kier molecular flexibility index (Phi) is 4.75. The van der Waals surface area contributed by atoms with Gasteiger partial charge in [0.25, 0.3) is 0 Å². The van der Waals surface area contributed by atoms with Gasteiger partial charge in [-0.2, -0.15) is 0 Å². The smallest absolute Gasteiger partial charge is 0.0795 e. The zero-order valence-corrected chi connectivity index (χ0v) is 10.4. The SMILES string of the molecule is OCC1CCCCC1CNCc1cscn1. The molecule has 0 saturated heterocycles. The van der Waals surface area contributed by atoms with E-state index in [1.807, 2.05) is 5.51 Å². The Morgan fingerprint density at radius 1 is 1.38 bits per heavy atom. The highest BCUT2D eigenvalue weighted by atomic mass is 32.1. The lowest BCUT2D eigenvalue weighted by atomic mass is 9.79. The first-order valence-electron chi connectivity index (χ1n) is 6.09. The fraction of sp³-hybridized carbons (Fsp3) is 0.750. The molecule has 1 saturated carbocycles. The van der Waals surface area contributed by atoms with Crippen LogP contribution in [0.15, 0.2) is 10.9 Å². The first-order chi connectivity index (χ1) is 7.90. The van der Waals surface area contributed by atoms with Gasteiger partial charge in [-0.25, -0.2) is 4.98 Å². The number of hydrogen-bond acceptors (Lipinski definition) is 4. The second-order valence-electron chi connectivity index (χ2n) is 4.60. The van der Waals surface area contributed by atoms with E-state index in [0.717, 1.165) is 18.8 Å². The van der Waals surface area contributed by atoms with Crippen LogP contribution in [0.4, 0.5) is 0 Å². The van der Waals surface area contributed by atoms with Crippen molar-refractivity contribution in [3.63, 3.8) is 0 Å². The number of thiazole rings is 1. The minimum absolute atomic E-state index is 0.350. The molecule has 1 aliphatic rings. The number of aliphatic hydroxyl groups is 1. The molecule has 4 heteroatoms. The molecule has 2 unspecified atom stereocenters. The van der Waals surface area contributed by atoms with Crippen LogP contribution in [-0.4, -0.2) is 23.2 Å². The molecule has 0 aromatic carbocycles. The van der Waals surface area contributed by atoms with Crippen LogP contribution in [0, 0.1) is 11.8 Å². The molecule has 0 aliphatic heterocycles. The maximum absolute atomic E-state index is 9.31. The van der Waals surface area contributed by atoms with Gasteiger partial charge in [-0.3, -0.25) is 0 Å². The summed E-state index contributed by atoms with van der Waals surface area (Å²) in [4.78, 5) is 4.24. The lowest BCUT2D eigenvalue weighted by Gasteiger charge is -2.30. The van der Waals surface area contributed by atoms with E-state index in [-0.39, 0.29) is 0 Å². The highest BCUT2D eigenvalue weighted by molar-refractivity contribution is 7.07. The predicted octanol–water partition coefficient (Wildman–Crippen LogP) is 2.03. The Balaban J connectivity index is 1.71. The minimum Gasteiger partial charge on any atom is -0.396 e. The van der Waals surface area contributed by atoms with Crippen molar-refractivity contribution < 1.29 is 5.11 Å². The van der Waals surface area contributed by atoms with E-state index in [4.69, 9.17) is 0 Å². The van der Waals surface area contributed by atoms with Crippen molar-refractivity contribution in [1.29, 1.82) is 0 Å². The Bertz CT molecular complexity index is 289. The summed E-state index contributed by atoms with van der Waals surface area (Å²) in [5.74, 6) is 1.16. The Morgan fingerprint density at radius 3 is 2.88 bits per heavy atom. The first-order valence-corrected chi connectivity index (χ1v) is 7.03. The third-order valence-corrected chi connectivity index (χ3v) is 4.13. The average Bonchev–Trinajstić information content (AvgIpc) is 2.83. The molecule has 1 aliphatic carbocycles. The first kappa shape index (κ1) is 12.0. The minimum atomic E-state index is 0.350. The molecule has 90 valence electrons. The van der Waals surface area contributed by atoms with Crippen LogP contribution in [0.2, 0.25) is 0 Å². The zero-order valence-electron chi connectivity index (χ0n) is 9.56. The van der Waals surface area contributed by atoms with E-state index in [0.29, 0.717) is 18.4 Å². The molecule has 0 amide bonds. The number of hydrogen-bond donors (Lipinski definition) is 2. The Labute approximate surface area is 101 Å². The molecule has 2 N–H and O–H groups in total. The lowest BCUT2D eigenvalue weighted by Crippen LogP contribution is -2.32. The monoisotopic (exact) mass is 240 g/mol. The molecule has 3 nitrogen and oxygen atoms in total. The molecule has 1 aromatic heterocycles. The van der Waals surface area contributed by atoms with Crippen molar-refractivity contribution in [2.45, 2.75) is 32.2 Å². The van der Waals surface area contributed by atoms with E-state index in [1.165, 1.54) is 25.7 Å². The van der Waals surface area contributed by atoms with Gasteiger partial charge in [-0.15, -0.1) is 11.3 Å². The summed E-state index contributed by atoms with van der Waals surface area (Å²) in [6.07, 6.45) is 5.06. The Morgan fingerprint density at radius 2 is 2.19 bits per heavy atom. The molecular weight excluding hydrogens is 220 g/mol. The molecule has 2 atom stereocenters. The van der Waals surface area contributed by atoms with Gasteiger partial charge in [0, 0.05) is 18.5 Å². The molecule has 1 aromatic rings. The number of aliphatic hydroxyl groups excluding tert-OH is 1. The Hall–Kier alpha value is -0.450. The summed E-state index contributed by atoms with van der Waals surface area (Å²) in [5.41, 5.74) is 3.00. The van der Waals surface area contributed by atoms with Gasteiger partial charge < -0.3 is 10.4 Å². The maximum Gasteiger partial charge on any atom is 0.0795 e. The summed E-state index contributed by atoms with van der Waals surface area (Å²) >= 11 is 1.64. The molecule has 0 bridgehead atoms. The van der Waals surface area contributed by atoms with Gasteiger partial charge in [-0.1, -0.05) is 12.8 Å². The summed E-state index contributed by atoms with van der Waals surface area (Å²) in [7, 11) is 0. The number of rotatable bonds is 5. The third-order valence-electron chi connectivity index (χ3n) is 3.50. The van der Waals surface area contributed by atoms with E-state index in [2.05, 4.69) is 15.7 Å². The second kappa shape index (κ2) is 6.33.